The number of hydrogen-bond donors (Lipinski definition) is 1. The number of nitrogens with two attached hydrogens (primary N) is 1. The fourth-order valence-electron chi connectivity index (χ4n) is 3.01. The first-order valence-electron chi connectivity index (χ1n) is 7.31. The van der Waals surface area contributed by atoms with E-state index >= 15 is 0 Å². The van der Waals surface area contributed by atoms with Gasteiger partial charge in [0.15, 0.2) is 0 Å². The summed E-state index contributed by atoms with van der Waals surface area (Å²) in [6.07, 6.45) is 5.19. The number of hydrogen-bond acceptors (Lipinski definition) is 3. The zero-order valence-electron chi connectivity index (χ0n) is 11.6. The van der Waals surface area contributed by atoms with Gasteiger partial charge in [0.1, 0.15) is 11.9 Å². The molecule has 1 saturated carbocycles. The van der Waals surface area contributed by atoms with Crippen LogP contribution in [0.15, 0.2) is 24.3 Å². The van der Waals surface area contributed by atoms with Gasteiger partial charge in [-0.25, -0.2) is 0 Å². The minimum Gasteiger partial charge on any atom is -0.490 e. The first-order valence-corrected chi connectivity index (χ1v) is 8.47. The van der Waals surface area contributed by atoms with Gasteiger partial charge in [0.25, 0.3) is 0 Å². The Morgan fingerprint density at radius 2 is 2.05 bits per heavy atom. The average molecular weight is 277 g/mol. The largest absolute Gasteiger partial charge is 0.490 e. The summed E-state index contributed by atoms with van der Waals surface area (Å²) in [7, 11) is 0. The average Bonchev–Trinajstić information content (AvgIpc) is 3.22. The van der Waals surface area contributed by atoms with Crippen molar-refractivity contribution < 1.29 is 4.74 Å². The molecule has 0 bridgehead atoms. The molecule has 1 aromatic rings. The van der Waals surface area contributed by atoms with Crippen molar-refractivity contribution in [1.82, 2.24) is 0 Å². The van der Waals surface area contributed by atoms with Gasteiger partial charge in [0, 0.05) is 11.5 Å². The molecule has 19 heavy (non-hydrogen) atoms. The lowest BCUT2D eigenvalue weighted by Crippen LogP contribution is -2.31. The van der Waals surface area contributed by atoms with E-state index in [2.05, 4.69) is 31.2 Å². The maximum Gasteiger partial charge on any atom is 0.120 e. The molecular formula is C16H23NOS. The summed E-state index contributed by atoms with van der Waals surface area (Å²) in [6.45, 7) is 2.12. The lowest BCUT2D eigenvalue weighted by atomic mass is 9.89. The summed E-state index contributed by atoms with van der Waals surface area (Å²) in [4.78, 5) is 0. The van der Waals surface area contributed by atoms with Crippen LogP contribution in [0.2, 0.25) is 0 Å². The van der Waals surface area contributed by atoms with Gasteiger partial charge in [-0.05, 0) is 61.8 Å². The summed E-state index contributed by atoms with van der Waals surface area (Å²) in [5.41, 5.74) is 7.75. The van der Waals surface area contributed by atoms with Crippen LogP contribution in [0.25, 0.3) is 0 Å². The predicted molar refractivity (Wildman–Crippen MR) is 82.0 cm³/mol. The van der Waals surface area contributed by atoms with Gasteiger partial charge in [-0.1, -0.05) is 12.1 Å². The molecule has 104 valence electrons. The molecule has 2 nitrogen and oxygen atoms in total. The van der Waals surface area contributed by atoms with Crippen LogP contribution in [0.3, 0.4) is 0 Å². The molecule has 1 saturated heterocycles. The highest BCUT2D eigenvalue weighted by molar-refractivity contribution is 7.99. The number of ether oxygens (including phenoxy) is 1. The van der Waals surface area contributed by atoms with Gasteiger partial charge in [-0.2, -0.15) is 11.8 Å². The summed E-state index contributed by atoms with van der Waals surface area (Å²) >= 11 is 2.03. The van der Waals surface area contributed by atoms with E-state index in [0.717, 1.165) is 5.75 Å². The maximum absolute atomic E-state index is 6.16. The Morgan fingerprint density at radius 3 is 2.68 bits per heavy atom. The van der Waals surface area contributed by atoms with Crippen molar-refractivity contribution in [2.24, 2.45) is 5.73 Å². The van der Waals surface area contributed by atoms with Crippen molar-refractivity contribution in [2.45, 2.75) is 50.2 Å². The molecular weight excluding hydrogens is 254 g/mol. The van der Waals surface area contributed by atoms with Gasteiger partial charge in [-0.3, -0.25) is 0 Å². The molecule has 2 N–H and O–H groups in total. The Bertz CT molecular complexity index is 436. The molecule has 2 fully saturated rings. The lowest BCUT2D eigenvalue weighted by molar-refractivity contribution is 0.192. The predicted octanol–water partition coefficient (Wildman–Crippen LogP) is 3.34. The molecule has 1 unspecified atom stereocenters. The summed E-state index contributed by atoms with van der Waals surface area (Å²) in [5, 5.41) is 0. The summed E-state index contributed by atoms with van der Waals surface area (Å²) in [5.74, 6) is 3.49. The molecule has 3 heteroatoms. The molecule has 1 atom stereocenters. The van der Waals surface area contributed by atoms with E-state index in [4.69, 9.17) is 10.5 Å². The van der Waals surface area contributed by atoms with E-state index in [0.29, 0.717) is 6.10 Å². The Hall–Kier alpha value is -0.670. The van der Waals surface area contributed by atoms with Gasteiger partial charge >= 0.3 is 0 Å². The standard InChI is InChI=1S/C16H23NOS/c1-12(17)16(7-8-16)13-3-2-4-15(11-13)18-14-5-9-19-10-6-14/h2-4,11-12,14H,5-10,17H2,1H3. The van der Waals surface area contributed by atoms with E-state index in [-0.39, 0.29) is 11.5 Å². The van der Waals surface area contributed by atoms with Gasteiger partial charge < -0.3 is 10.5 Å². The third-order valence-electron chi connectivity index (χ3n) is 4.54. The quantitative estimate of drug-likeness (QED) is 0.917. The van der Waals surface area contributed by atoms with Crippen molar-refractivity contribution in [3.8, 4) is 5.75 Å². The van der Waals surface area contributed by atoms with Crippen LogP contribution in [0.4, 0.5) is 0 Å². The van der Waals surface area contributed by atoms with Crippen molar-refractivity contribution in [1.29, 1.82) is 0 Å². The topological polar surface area (TPSA) is 35.2 Å². The number of benzene rings is 1. The minimum absolute atomic E-state index is 0.224. The molecule has 0 radical (unpaired) electrons. The molecule has 0 amide bonds. The third kappa shape index (κ3) is 2.77. The lowest BCUT2D eigenvalue weighted by Gasteiger charge is -2.24. The van der Waals surface area contributed by atoms with Crippen molar-refractivity contribution in [3.05, 3.63) is 29.8 Å². The Labute approximate surface area is 120 Å². The van der Waals surface area contributed by atoms with Gasteiger partial charge in [0.05, 0.1) is 0 Å². The first kappa shape index (κ1) is 13.3. The summed E-state index contributed by atoms with van der Waals surface area (Å²) < 4.78 is 6.14. The zero-order chi connectivity index (χ0) is 13.3. The molecule has 1 aromatic carbocycles. The van der Waals surface area contributed by atoms with E-state index in [1.807, 2.05) is 11.8 Å². The molecule has 2 aliphatic rings. The Kier molecular flexibility index (Phi) is 3.77. The smallest absolute Gasteiger partial charge is 0.120 e. The first-order chi connectivity index (χ1) is 9.21. The van der Waals surface area contributed by atoms with Crippen LogP contribution in [0.5, 0.6) is 5.75 Å². The van der Waals surface area contributed by atoms with Crippen LogP contribution in [0, 0.1) is 0 Å². The minimum atomic E-state index is 0.224. The van der Waals surface area contributed by atoms with Gasteiger partial charge in [-0.15, -0.1) is 0 Å². The van der Waals surface area contributed by atoms with Crippen LogP contribution < -0.4 is 10.5 Å². The van der Waals surface area contributed by atoms with Gasteiger partial charge in [0.2, 0.25) is 0 Å². The molecule has 1 aliphatic carbocycles. The SMILES string of the molecule is CC(N)C1(c2cccc(OC3CCSCC3)c2)CC1. The molecule has 3 rings (SSSR count). The van der Waals surface area contributed by atoms with E-state index in [1.54, 1.807) is 0 Å². The molecule has 1 aliphatic heterocycles. The normalized spacial score (nSPS) is 23.9. The van der Waals surface area contributed by atoms with Crippen molar-refractivity contribution in [3.63, 3.8) is 0 Å². The number of thioether (sulfide) groups is 1. The van der Waals surface area contributed by atoms with Crippen molar-refractivity contribution >= 4 is 11.8 Å². The second-order valence-electron chi connectivity index (χ2n) is 5.90. The zero-order valence-corrected chi connectivity index (χ0v) is 12.4. The van der Waals surface area contributed by atoms with E-state index in [1.165, 1.54) is 42.8 Å². The van der Waals surface area contributed by atoms with Crippen LogP contribution in [0.1, 0.15) is 38.2 Å². The highest BCUT2D eigenvalue weighted by Crippen LogP contribution is 2.50. The Balaban J connectivity index is 1.73. The second-order valence-corrected chi connectivity index (χ2v) is 7.13. The molecule has 1 heterocycles. The third-order valence-corrected chi connectivity index (χ3v) is 5.59. The van der Waals surface area contributed by atoms with Crippen LogP contribution >= 0.6 is 11.8 Å². The molecule has 0 spiro atoms. The monoisotopic (exact) mass is 277 g/mol. The number of rotatable bonds is 4. The molecule has 0 aromatic heterocycles. The van der Waals surface area contributed by atoms with Crippen LogP contribution in [-0.4, -0.2) is 23.7 Å². The summed E-state index contributed by atoms with van der Waals surface area (Å²) in [6, 6.07) is 8.86. The second kappa shape index (κ2) is 5.37. The van der Waals surface area contributed by atoms with E-state index < -0.39 is 0 Å². The highest BCUT2D eigenvalue weighted by Gasteiger charge is 2.47. The maximum atomic E-state index is 6.16. The Morgan fingerprint density at radius 1 is 1.32 bits per heavy atom. The fourth-order valence-corrected chi connectivity index (χ4v) is 4.07. The van der Waals surface area contributed by atoms with Crippen LogP contribution in [-0.2, 0) is 5.41 Å². The highest BCUT2D eigenvalue weighted by atomic mass is 32.2. The van der Waals surface area contributed by atoms with E-state index in [9.17, 15) is 0 Å². The van der Waals surface area contributed by atoms with Crippen molar-refractivity contribution in [2.75, 3.05) is 11.5 Å². The fraction of sp³-hybridized carbons (Fsp3) is 0.625.